The molecule has 4 rings (SSSR count). The Kier molecular flexibility index (Phi) is 10.8. The number of halogens is 1. The number of nitrogens with zero attached hydrogens (tertiary/aromatic N) is 1. The van der Waals surface area contributed by atoms with Gasteiger partial charge in [-0.15, -0.1) is 0 Å². The van der Waals surface area contributed by atoms with Gasteiger partial charge in [-0.2, -0.15) is 0 Å². The van der Waals surface area contributed by atoms with E-state index in [0.29, 0.717) is 36.8 Å². The van der Waals surface area contributed by atoms with E-state index in [1.54, 1.807) is 12.0 Å². The fourth-order valence-electron chi connectivity index (χ4n) is 5.51. The van der Waals surface area contributed by atoms with Crippen LogP contribution in [-0.2, 0) is 28.0 Å². The molecule has 0 saturated carbocycles. The van der Waals surface area contributed by atoms with E-state index in [1.807, 2.05) is 61.6 Å². The third-order valence-electron chi connectivity index (χ3n) is 7.73. The summed E-state index contributed by atoms with van der Waals surface area (Å²) in [5.41, 5.74) is 4.06. The smallest absolute Gasteiger partial charge is 0.254 e. The number of hydrogen-bond donors (Lipinski definition) is 2. The van der Waals surface area contributed by atoms with Gasteiger partial charge in [-0.05, 0) is 73.2 Å². The van der Waals surface area contributed by atoms with Crippen LogP contribution in [0, 0.1) is 0 Å². The molecule has 1 aliphatic heterocycles. The molecule has 6 nitrogen and oxygen atoms in total. The van der Waals surface area contributed by atoms with Crippen LogP contribution in [0.25, 0.3) is 11.1 Å². The molecule has 0 bridgehead atoms. The maximum atomic E-state index is 13.5. The van der Waals surface area contributed by atoms with Gasteiger partial charge in [-0.1, -0.05) is 67.1 Å². The molecule has 214 valence electrons. The minimum Gasteiger partial charge on any atom is -0.385 e. The Morgan fingerprint density at radius 2 is 1.90 bits per heavy atom. The molecule has 1 aliphatic rings. The van der Waals surface area contributed by atoms with Crippen LogP contribution in [0.5, 0.6) is 0 Å². The molecule has 1 fully saturated rings. The maximum Gasteiger partial charge on any atom is 0.254 e. The number of unbranched alkanes of at least 4 members (excludes halogenated alkanes) is 1. The largest absolute Gasteiger partial charge is 0.385 e. The molecule has 40 heavy (non-hydrogen) atoms. The summed E-state index contributed by atoms with van der Waals surface area (Å²) in [5, 5.41) is 16.3. The second-order valence-electron chi connectivity index (χ2n) is 10.4. The number of morpholine rings is 1. The molecule has 0 aromatic heterocycles. The number of hydrogen-bond acceptors (Lipinski definition) is 5. The SMILES string of the molecule is CCc1cccc(-c2c(Cl)cccc2C(O)(CCCCOC)[C@H]2CN(C(=O)c3ccc(CNC)cc3)CCO2)c1. The average Bonchev–Trinajstić information content (AvgIpc) is 2.99. The topological polar surface area (TPSA) is 71.0 Å². The van der Waals surface area contributed by atoms with Crippen LogP contribution < -0.4 is 5.32 Å². The fourth-order valence-corrected chi connectivity index (χ4v) is 5.79. The Balaban J connectivity index is 1.69. The monoisotopic (exact) mass is 564 g/mol. The van der Waals surface area contributed by atoms with E-state index < -0.39 is 11.7 Å². The fraction of sp³-hybridized carbons (Fsp3) is 0.424. The van der Waals surface area contributed by atoms with Gasteiger partial charge in [0.05, 0.1) is 13.2 Å². The Labute approximate surface area is 243 Å². The van der Waals surface area contributed by atoms with Gasteiger partial charge in [-0.3, -0.25) is 4.79 Å². The lowest BCUT2D eigenvalue weighted by Gasteiger charge is -2.43. The second kappa shape index (κ2) is 14.2. The molecule has 0 aliphatic carbocycles. The van der Waals surface area contributed by atoms with Crippen LogP contribution in [0.15, 0.2) is 66.7 Å². The average molecular weight is 565 g/mol. The van der Waals surface area contributed by atoms with Crippen molar-refractivity contribution in [3.8, 4) is 11.1 Å². The van der Waals surface area contributed by atoms with Crippen molar-refractivity contribution in [2.75, 3.05) is 40.5 Å². The number of rotatable bonds is 12. The lowest BCUT2D eigenvalue weighted by Crippen LogP contribution is -2.54. The summed E-state index contributed by atoms with van der Waals surface area (Å²) in [6, 6.07) is 21.6. The van der Waals surface area contributed by atoms with E-state index in [-0.39, 0.29) is 12.5 Å². The van der Waals surface area contributed by atoms with Gasteiger partial charge in [0.2, 0.25) is 0 Å². The minimum atomic E-state index is -1.37. The van der Waals surface area contributed by atoms with Crippen molar-refractivity contribution < 1.29 is 19.4 Å². The molecule has 2 atom stereocenters. The highest BCUT2D eigenvalue weighted by Crippen LogP contribution is 2.43. The third kappa shape index (κ3) is 6.93. The minimum absolute atomic E-state index is 0.0620. The molecule has 7 heteroatoms. The van der Waals surface area contributed by atoms with Crippen LogP contribution in [0.3, 0.4) is 0 Å². The van der Waals surface area contributed by atoms with Crippen LogP contribution in [-0.4, -0.2) is 62.5 Å². The summed E-state index contributed by atoms with van der Waals surface area (Å²) in [4.78, 5) is 15.3. The van der Waals surface area contributed by atoms with Gasteiger partial charge in [0.25, 0.3) is 5.91 Å². The number of aliphatic hydroxyl groups is 1. The zero-order chi connectivity index (χ0) is 28.5. The number of ether oxygens (including phenoxy) is 2. The van der Waals surface area contributed by atoms with Crippen molar-refractivity contribution in [3.05, 3.63) is 94.0 Å². The first-order valence-corrected chi connectivity index (χ1v) is 14.5. The van der Waals surface area contributed by atoms with E-state index in [2.05, 4.69) is 24.4 Å². The highest BCUT2D eigenvalue weighted by atomic mass is 35.5. The third-order valence-corrected chi connectivity index (χ3v) is 8.04. The van der Waals surface area contributed by atoms with E-state index in [0.717, 1.165) is 48.1 Å². The highest BCUT2D eigenvalue weighted by Gasteiger charge is 2.44. The lowest BCUT2D eigenvalue weighted by molar-refractivity contribution is -0.146. The van der Waals surface area contributed by atoms with Gasteiger partial charge in [-0.25, -0.2) is 0 Å². The molecule has 3 aromatic carbocycles. The first-order valence-electron chi connectivity index (χ1n) is 14.1. The number of aryl methyl sites for hydroxylation is 1. The molecular weight excluding hydrogens is 524 g/mol. The Morgan fingerprint density at radius 3 is 2.62 bits per heavy atom. The van der Waals surface area contributed by atoms with Gasteiger partial charge in [0, 0.05) is 43.0 Å². The van der Waals surface area contributed by atoms with Crippen LogP contribution in [0.4, 0.5) is 0 Å². The summed E-state index contributed by atoms with van der Waals surface area (Å²) >= 11 is 6.84. The van der Waals surface area contributed by atoms with E-state index in [4.69, 9.17) is 21.1 Å². The van der Waals surface area contributed by atoms with Crippen molar-refractivity contribution in [1.82, 2.24) is 10.2 Å². The summed E-state index contributed by atoms with van der Waals surface area (Å²) in [7, 11) is 3.58. The van der Waals surface area contributed by atoms with Gasteiger partial charge < -0.3 is 24.8 Å². The van der Waals surface area contributed by atoms with Crippen LogP contribution in [0.1, 0.15) is 53.2 Å². The van der Waals surface area contributed by atoms with Crippen molar-refractivity contribution in [2.45, 2.75) is 50.9 Å². The number of carbonyl (C=O) groups excluding carboxylic acids is 1. The molecule has 1 amide bonds. The normalized spacial score (nSPS) is 17.0. The molecule has 1 heterocycles. The number of methoxy groups -OCH3 is 1. The molecule has 2 N–H and O–H groups in total. The van der Waals surface area contributed by atoms with E-state index in [9.17, 15) is 9.90 Å². The van der Waals surface area contributed by atoms with Gasteiger partial charge in [0.1, 0.15) is 11.7 Å². The van der Waals surface area contributed by atoms with Crippen LogP contribution >= 0.6 is 11.6 Å². The standard InChI is InChI=1S/C33H41ClN2O4/c1-4-24-9-7-10-27(21-24)31-28(11-8-12-29(31)34)33(38,17-5-6-19-39-3)30-23-36(18-20-40-30)32(37)26-15-13-25(14-16-26)22-35-2/h7-16,21,30,35,38H,4-6,17-20,22-23H2,1-3H3/t30-,33?/m1/s1. The second-order valence-corrected chi connectivity index (χ2v) is 10.8. The molecule has 3 aromatic rings. The maximum absolute atomic E-state index is 13.5. The zero-order valence-corrected chi connectivity index (χ0v) is 24.5. The Morgan fingerprint density at radius 1 is 1.12 bits per heavy atom. The predicted octanol–water partition coefficient (Wildman–Crippen LogP) is 5.83. The number of amides is 1. The summed E-state index contributed by atoms with van der Waals surface area (Å²) in [6.45, 7) is 4.56. The van der Waals surface area contributed by atoms with E-state index in [1.165, 1.54) is 5.56 Å². The zero-order valence-electron chi connectivity index (χ0n) is 23.8. The molecule has 0 spiro atoms. The van der Waals surface area contributed by atoms with Crippen molar-refractivity contribution in [3.63, 3.8) is 0 Å². The highest BCUT2D eigenvalue weighted by molar-refractivity contribution is 6.33. The number of benzene rings is 3. The predicted molar refractivity (Wildman–Crippen MR) is 161 cm³/mol. The Hall–Kier alpha value is -2.74. The Bertz CT molecular complexity index is 1270. The molecule has 1 unspecified atom stereocenters. The van der Waals surface area contributed by atoms with Gasteiger partial charge >= 0.3 is 0 Å². The lowest BCUT2D eigenvalue weighted by atomic mass is 9.78. The molecule has 0 radical (unpaired) electrons. The van der Waals surface area contributed by atoms with Crippen molar-refractivity contribution >= 4 is 17.5 Å². The quantitative estimate of drug-likeness (QED) is 0.271. The van der Waals surface area contributed by atoms with Crippen molar-refractivity contribution in [1.29, 1.82) is 0 Å². The van der Waals surface area contributed by atoms with Crippen molar-refractivity contribution in [2.24, 2.45) is 0 Å². The summed E-state index contributed by atoms with van der Waals surface area (Å²) in [5.74, 6) is -0.0620. The first-order chi connectivity index (χ1) is 19.4. The van der Waals surface area contributed by atoms with Crippen LogP contribution in [0.2, 0.25) is 5.02 Å². The molecule has 1 saturated heterocycles. The molecular formula is C33H41ClN2O4. The van der Waals surface area contributed by atoms with Gasteiger partial charge in [0.15, 0.2) is 0 Å². The summed E-state index contributed by atoms with van der Waals surface area (Å²) in [6.07, 6.45) is 2.25. The summed E-state index contributed by atoms with van der Waals surface area (Å²) < 4.78 is 11.5. The number of nitrogens with one attached hydrogen (secondary N) is 1. The first kappa shape index (κ1) is 30.2. The number of carbonyl (C=O) groups is 1. The van der Waals surface area contributed by atoms with E-state index >= 15 is 0 Å².